The van der Waals surface area contributed by atoms with Crippen molar-refractivity contribution in [3.05, 3.63) is 47.4 Å². The highest BCUT2D eigenvalue weighted by Gasteiger charge is 2.21. The van der Waals surface area contributed by atoms with Crippen LogP contribution in [0.1, 0.15) is 11.1 Å². The molecule has 1 saturated heterocycles. The number of thioether (sulfide) groups is 1. The van der Waals surface area contributed by atoms with E-state index in [1.165, 1.54) is 23.9 Å². The Kier molecular flexibility index (Phi) is 5.28. The predicted molar refractivity (Wildman–Crippen MR) is 92.4 cm³/mol. The fraction of sp³-hybridized carbons (Fsp3) is 0.353. The Bertz CT molecular complexity index is 736. The van der Waals surface area contributed by atoms with Crippen molar-refractivity contribution in [2.24, 2.45) is 0 Å². The number of hydrogen-bond acceptors (Lipinski definition) is 6. The Labute approximate surface area is 145 Å². The highest BCUT2D eigenvalue weighted by atomic mass is 32.2. The maximum atomic E-state index is 13.0. The minimum atomic E-state index is -0.207. The van der Waals surface area contributed by atoms with Gasteiger partial charge in [-0.2, -0.15) is 5.26 Å². The van der Waals surface area contributed by atoms with E-state index in [0.29, 0.717) is 10.7 Å². The molecule has 3 rings (SSSR count). The van der Waals surface area contributed by atoms with Crippen LogP contribution in [-0.2, 0) is 6.54 Å². The van der Waals surface area contributed by atoms with Crippen LogP contribution in [0.2, 0.25) is 0 Å². The molecule has 0 atom stereocenters. The summed E-state index contributed by atoms with van der Waals surface area (Å²) in [6.45, 7) is 4.17. The summed E-state index contributed by atoms with van der Waals surface area (Å²) in [6, 6.07) is 8.81. The van der Waals surface area contributed by atoms with Gasteiger partial charge in [0.25, 0.3) is 0 Å². The molecule has 0 N–H and O–H groups in total. The first-order valence-electron chi connectivity index (χ1n) is 7.72. The van der Waals surface area contributed by atoms with Crippen molar-refractivity contribution >= 4 is 17.6 Å². The van der Waals surface area contributed by atoms with Crippen LogP contribution in [0.3, 0.4) is 0 Å². The second-order valence-corrected chi connectivity index (χ2v) is 6.37. The number of piperazine rings is 1. The molecular weight excluding hydrogens is 325 g/mol. The van der Waals surface area contributed by atoms with Crippen LogP contribution in [0.15, 0.2) is 35.6 Å². The van der Waals surface area contributed by atoms with E-state index >= 15 is 0 Å². The number of anilines is 1. The van der Waals surface area contributed by atoms with Crippen LogP contribution in [0.4, 0.5) is 10.2 Å². The fourth-order valence-corrected chi connectivity index (χ4v) is 3.08. The normalized spacial score (nSPS) is 15.3. The zero-order valence-corrected chi connectivity index (χ0v) is 14.3. The molecule has 1 aromatic carbocycles. The van der Waals surface area contributed by atoms with Crippen LogP contribution >= 0.6 is 11.8 Å². The van der Waals surface area contributed by atoms with Gasteiger partial charge >= 0.3 is 0 Å². The molecule has 2 aromatic rings. The van der Waals surface area contributed by atoms with Gasteiger partial charge < -0.3 is 4.90 Å². The summed E-state index contributed by atoms with van der Waals surface area (Å²) in [5, 5.41) is 9.96. The number of benzene rings is 1. The topological polar surface area (TPSA) is 56.1 Å². The Morgan fingerprint density at radius 2 is 1.92 bits per heavy atom. The summed E-state index contributed by atoms with van der Waals surface area (Å²) in [6.07, 6.45) is 3.52. The molecule has 0 amide bonds. The van der Waals surface area contributed by atoms with Crippen molar-refractivity contribution in [1.29, 1.82) is 5.26 Å². The number of halogens is 1. The summed E-state index contributed by atoms with van der Waals surface area (Å²) in [7, 11) is 0. The van der Waals surface area contributed by atoms with E-state index in [0.717, 1.165) is 44.1 Å². The van der Waals surface area contributed by atoms with Gasteiger partial charge in [0.1, 0.15) is 17.4 Å². The minimum Gasteiger partial charge on any atom is -0.353 e. The Morgan fingerprint density at radius 3 is 2.54 bits per heavy atom. The summed E-state index contributed by atoms with van der Waals surface area (Å²) >= 11 is 1.47. The molecule has 1 fully saturated rings. The molecule has 1 aromatic heterocycles. The molecule has 5 nitrogen and oxygen atoms in total. The smallest absolute Gasteiger partial charge is 0.189 e. The summed E-state index contributed by atoms with van der Waals surface area (Å²) in [5.74, 6) is 0.513. The first-order chi connectivity index (χ1) is 11.7. The van der Waals surface area contributed by atoms with Gasteiger partial charge in [0, 0.05) is 32.7 Å². The number of rotatable bonds is 4. The van der Waals surface area contributed by atoms with E-state index in [1.54, 1.807) is 6.20 Å². The lowest BCUT2D eigenvalue weighted by molar-refractivity contribution is 0.249. The van der Waals surface area contributed by atoms with Gasteiger partial charge in [0.05, 0.1) is 6.20 Å². The molecule has 0 aliphatic carbocycles. The zero-order valence-electron chi connectivity index (χ0n) is 13.4. The highest BCUT2D eigenvalue weighted by molar-refractivity contribution is 7.98. The van der Waals surface area contributed by atoms with Crippen LogP contribution in [0, 0.1) is 17.1 Å². The van der Waals surface area contributed by atoms with Crippen molar-refractivity contribution in [2.75, 3.05) is 37.3 Å². The SMILES string of the molecule is CSc1ncc(C#N)c(N2CCN(Cc3ccc(F)cc3)CC2)n1. The third-order valence-corrected chi connectivity index (χ3v) is 4.60. The fourth-order valence-electron chi connectivity index (χ4n) is 2.74. The van der Waals surface area contributed by atoms with Gasteiger partial charge in [-0.05, 0) is 24.0 Å². The van der Waals surface area contributed by atoms with E-state index in [2.05, 4.69) is 25.8 Å². The Hall–Kier alpha value is -2.17. The molecule has 1 aliphatic heterocycles. The zero-order chi connectivity index (χ0) is 16.9. The lowest BCUT2D eigenvalue weighted by Crippen LogP contribution is -2.46. The maximum absolute atomic E-state index is 13.0. The van der Waals surface area contributed by atoms with E-state index in [-0.39, 0.29) is 5.82 Å². The average Bonchev–Trinajstić information content (AvgIpc) is 2.64. The molecule has 124 valence electrons. The van der Waals surface area contributed by atoms with Crippen molar-refractivity contribution in [3.8, 4) is 6.07 Å². The van der Waals surface area contributed by atoms with E-state index < -0.39 is 0 Å². The second-order valence-electron chi connectivity index (χ2n) is 5.60. The quantitative estimate of drug-likeness (QED) is 0.628. The lowest BCUT2D eigenvalue weighted by atomic mass is 10.2. The summed E-state index contributed by atoms with van der Waals surface area (Å²) in [5.41, 5.74) is 1.62. The molecule has 24 heavy (non-hydrogen) atoms. The summed E-state index contributed by atoms with van der Waals surface area (Å²) < 4.78 is 13.0. The largest absolute Gasteiger partial charge is 0.353 e. The number of hydrogen-bond donors (Lipinski definition) is 0. The first kappa shape index (κ1) is 16.7. The first-order valence-corrected chi connectivity index (χ1v) is 8.95. The molecule has 0 radical (unpaired) electrons. The van der Waals surface area contributed by atoms with Crippen LogP contribution in [0.5, 0.6) is 0 Å². The van der Waals surface area contributed by atoms with E-state index in [4.69, 9.17) is 0 Å². The second kappa shape index (κ2) is 7.60. The number of nitriles is 1. The molecular formula is C17H18FN5S. The molecule has 7 heteroatoms. The Balaban J connectivity index is 1.65. The van der Waals surface area contributed by atoms with E-state index in [9.17, 15) is 9.65 Å². The lowest BCUT2D eigenvalue weighted by Gasteiger charge is -2.35. The van der Waals surface area contributed by atoms with E-state index in [1.807, 2.05) is 18.4 Å². The number of aromatic nitrogens is 2. The average molecular weight is 343 g/mol. The molecule has 0 unspecified atom stereocenters. The van der Waals surface area contributed by atoms with Gasteiger partial charge in [-0.1, -0.05) is 23.9 Å². The molecule has 0 saturated carbocycles. The molecule has 1 aliphatic rings. The third kappa shape index (κ3) is 3.83. The van der Waals surface area contributed by atoms with Crippen LogP contribution < -0.4 is 4.90 Å². The van der Waals surface area contributed by atoms with Crippen LogP contribution in [-0.4, -0.2) is 47.3 Å². The van der Waals surface area contributed by atoms with Gasteiger partial charge in [0.15, 0.2) is 11.0 Å². The number of nitrogens with zero attached hydrogens (tertiary/aromatic N) is 5. The predicted octanol–water partition coefficient (Wildman–Crippen LogP) is 2.53. The van der Waals surface area contributed by atoms with Crippen LogP contribution in [0.25, 0.3) is 0 Å². The minimum absolute atomic E-state index is 0.207. The van der Waals surface area contributed by atoms with Crippen molar-refractivity contribution in [3.63, 3.8) is 0 Å². The molecule has 0 spiro atoms. The van der Waals surface area contributed by atoms with Gasteiger partial charge in [-0.3, -0.25) is 4.90 Å². The van der Waals surface area contributed by atoms with Gasteiger partial charge in [-0.15, -0.1) is 0 Å². The van der Waals surface area contributed by atoms with Gasteiger partial charge in [-0.25, -0.2) is 14.4 Å². The summed E-state index contributed by atoms with van der Waals surface area (Å²) in [4.78, 5) is 13.1. The molecule has 0 bridgehead atoms. The monoisotopic (exact) mass is 343 g/mol. The third-order valence-electron chi connectivity index (χ3n) is 4.04. The Morgan fingerprint density at radius 1 is 1.21 bits per heavy atom. The molecule has 2 heterocycles. The van der Waals surface area contributed by atoms with Gasteiger partial charge in [0.2, 0.25) is 0 Å². The van der Waals surface area contributed by atoms with Crippen molar-refractivity contribution < 1.29 is 4.39 Å². The standard InChI is InChI=1S/C17H18FN5S/c1-24-17-20-11-14(10-19)16(21-17)23-8-6-22(7-9-23)12-13-2-4-15(18)5-3-13/h2-5,11H,6-9,12H2,1H3. The van der Waals surface area contributed by atoms with Crippen molar-refractivity contribution in [2.45, 2.75) is 11.7 Å². The van der Waals surface area contributed by atoms with Crippen molar-refractivity contribution in [1.82, 2.24) is 14.9 Å². The maximum Gasteiger partial charge on any atom is 0.189 e. The highest BCUT2D eigenvalue weighted by Crippen LogP contribution is 2.21.